The quantitative estimate of drug-likeness (QED) is 0.800. The molecule has 0 spiro atoms. The highest BCUT2D eigenvalue weighted by atomic mass is 15.3. The van der Waals surface area contributed by atoms with Gasteiger partial charge in [-0.1, -0.05) is 6.92 Å². The minimum Gasteiger partial charge on any atom is -0.361 e. The van der Waals surface area contributed by atoms with E-state index in [4.69, 9.17) is 0 Å². The molecule has 0 saturated carbocycles. The molecule has 0 aliphatic rings. The molecule has 0 aliphatic heterocycles. The fourth-order valence-electron chi connectivity index (χ4n) is 2.83. The van der Waals surface area contributed by atoms with Crippen molar-refractivity contribution in [2.24, 2.45) is 14.1 Å². The molecule has 7 heteroatoms. The molecule has 3 aromatic rings. The number of anilines is 1. The van der Waals surface area contributed by atoms with Gasteiger partial charge in [0, 0.05) is 20.3 Å². The summed E-state index contributed by atoms with van der Waals surface area (Å²) in [4.78, 5) is 9.10. The van der Waals surface area contributed by atoms with E-state index in [1.807, 2.05) is 44.9 Å². The Morgan fingerprint density at radius 3 is 2.59 bits per heavy atom. The highest BCUT2D eigenvalue weighted by Crippen LogP contribution is 2.28. The third kappa shape index (κ3) is 2.32. The monoisotopic (exact) mass is 299 g/mol. The molecule has 3 rings (SSSR count). The van der Waals surface area contributed by atoms with Crippen molar-refractivity contribution in [3.8, 4) is 0 Å². The second-order valence-corrected chi connectivity index (χ2v) is 5.51. The molecule has 3 aromatic heterocycles. The number of hydrogen-bond donors (Lipinski definition) is 1. The molecule has 1 atom stereocenters. The van der Waals surface area contributed by atoms with E-state index in [-0.39, 0.29) is 6.04 Å². The minimum atomic E-state index is 0.143. The van der Waals surface area contributed by atoms with Crippen LogP contribution >= 0.6 is 0 Å². The van der Waals surface area contributed by atoms with Crippen molar-refractivity contribution < 1.29 is 0 Å². The normalized spacial score (nSPS) is 12.8. The van der Waals surface area contributed by atoms with Crippen LogP contribution in [0.3, 0.4) is 0 Å². The summed E-state index contributed by atoms with van der Waals surface area (Å²) in [5, 5.41) is 13.2. The molecular formula is C15H21N7. The maximum absolute atomic E-state index is 4.60. The van der Waals surface area contributed by atoms with Crippen molar-refractivity contribution >= 4 is 16.9 Å². The summed E-state index contributed by atoms with van der Waals surface area (Å²) in [6.07, 6.45) is 2.75. The van der Waals surface area contributed by atoms with Gasteiger partial charge in [-0.15, -0.1) is 0 Å². The number of aryl methyl sites for hydroxylation is 4. The van der Waals surface area contributed by atoms with Crippen LogP contribution in [0.5, 0.6) is 0 Å². The van der Waals surface area contributed by atoms with Crippen LogP contribution in [0, 0.1) is 13.8 Å². The predicted molar refractivity (Wildman–Crippen MR) is 85.6 cm³/mol. The van der Waals surface area contributed by atoms with E-state index >= 15 is 0 Å². The Kier molecular flexibility index (Phi) is 3.56. The van der Waals surface area contributed by atoms with Crippen molar-refractivity contribution in [2.45, 2.75) is 33.2 Å². The Morgan fingerprint density at radius 1 is 1.18 bits per heavy atom. The van der Waals surface area contributed by atoms with Crippen molar-refractivity contribution in [2.75, 3.05) is 5.32 Å². The van der Waals surface area contributed by atoms with Gasteiger partial charge in [0.05, 0.1) is 22.8 Å². The molecule has 3 heterocycles. The molecule has 1 N–H and O–H groups in total. The lowest BCUT2D eigenvalue weighted by molar-refractivity contribution is 0.632. The van der Waals surface area contributed by atoms with Crippen LogP contribution in [0.2, 0.25) is 0 Å². The summed E-state index contributed by atoms with van der Waals surface area (Å²) in [7, 11) is 3.86. The van der Waals surface area contributed by atoms with Gasteiger partial charge < -0.3 is 5.32 Å². The predicted octanol–water partition coefficient (Wildman–Crippen LogP) is 2.28. The lowest BCUT2D eigenvalue weighted by Gasteiger charge is -2.18. The average molecular weight is 299 g/mol. The van der Waals surface area contributed by atoms with Crippen LogP contribution in [-0.4, -0.2) is 29.5 Å². The average Bonchev–Trinajstić information content (AvgIpc) is 3.00. The van der Waals surface area contributed by atoms with Gasteiger partial charge in [0.25, 0.3) is 0 Å². The van der Waals surface area contributed by atoms with E-state index in [0.29, 0.717) is 0 Å². The zero-order valence-corrected chi connectivity index (χ0v) is 13.6. The SMILES string of the molecule is CC[C@@H](Nc1nc(C)nc2c1c(C)nn2C)c1ccnn1C. The lowest BCUT2D eigenvalue weighted by atomic mass is 10.1. The maximum Gasteiger partial charge on any atom is 0.163 e. The third-order valence-electron chi connectivity index (χ3n) is 3.91. The van der Waals surface area contributed by atoms with E-state index in [1.54, 1.807) is 4.68 Å². The molecule has 0 fully saturated rings. The number of rotatable bonds is 4. The van der Waals surface area contributed by atoms with Crippen LogP contribution in [0.25, 0.3) is 11.0 Å². The maximum atomic E-state index is 4.60. The van der Waals surface area contributed by atoms with Gasteiger partial charge in [0.15, 0.2) is 5.65 Å². The van der Waals surface area contributed by atoms with Crippen LogP contribution in [-0.2, 0) is 14.1 Å². The van der Waals surface area contributed by atoms with E-state index in [2.05, 4.69) is 32.4 Å². The molecule has 0 aliphatic carbocycles. The van der Waals surface area contributed by atoms with Gasteiger partial charge in [-0.3, -0.25) is 9.36 Å². The van der Waals surface area contributed by atoms with E-state index in [9.17, 15) is 0 Å². The highest BCUT2D eigenvalue weighted by Gasteiger charge is 2.18. The largest absolute Gasteiger partial charge is 0.361 e. The zero-order chi connectivity index (χ0) is 15.9. The zero-order valence-electron chi connectivity index (χ0n) is 13.6. The van der Waals surface area contributed by atoms with Crippen LogP contribution in [0.4, 0.5) is 5.82 Å². The smallest absolute Gasteiger partial charge is 0.163 e. The first-order valence-corrected chi connectivity index (χ1v) is 7.43. The molecular weight excluding hydrogens is 278 g/mol. The Morgan fingerprint density at radius 2 is 1.95 bits per heavy atom. The van der Waals surface area contributed by atoms with Crippen molar-refractivity contribution in [3.63, 3.8) is 0 Å². The van der Waals surface area contributed by atoms with E-state index in [0.717, 1.165) is 40.5 Å². The number of nitrogens with one attached hydrogen (secondary N) is 1. The molecule has 22 heavy (non-hydrogen) atoms. The minimum absolute atomic E-state index is 0.143. The number of nitrogens with zero attached hydrogens (tertiary/aromatic N) is 6. The van der Waals surface area contributed by atoms with E-state index < -0.39 is 0 Å². The second-order valence-electron chi connectivity index (χ2n) is 5.51. The van der Waals surface area contributed by atoms with Crippen LogP contribution < -0.4 is 5.32 Å². The van der Waals surface area contributed by atoms with Crippen LogP contribution in [0.1, 0.15) is 36.6 Å². The number of fused-ring (bicyclic) bond motifs is 1. The number of aromatic nitrogens is 6. The topological polar surface area (TPSA) is 73.5 Å². The molecule has 0 saturated heterocycles. The summed E-state index contributed by atoms with van der Waals surface area (Å²) in [5.74, 6) is 1.57. The van der Waals surface area contributed by atoms with Gasteiger partial charge in [-0.25, -0.2) is 9.97 Å². The van der Waals surface area contributed by atoms with Gasteiger partial charge in [-0.05, 0) is 26.3 Å². The molecule has 0 bridgehead atoms. The first kappa shape index (κ1) is 14.5. The lowest BCUT2D eigenvalue weighted by Crippen LogP contribution is -2.15. The second kappa shape index (κ2) is 5.40. The molecule has 0 unspecified atom stereocenters. The Balaban J connectivity index is 2.08. The fraction of sp³-hybridized carbons (Fsp3) is 0.467. The molecule has 0 aromatic carbocycles. The summed E-state index contributed by atoms with van der Waals surface area (Å²) in [6, 6.07) is 2.17. The summed E-state index contributed by atoms with van der Waals surface area (Å²) in [5.41, 5.74) is 2.92. The van der Waals surface area contributed by atoms with Gasteiger partial charge in [0.1, 0.15) is 11.6 Å². The molecule has 116 valence electrons. The first-order chi connectivity index (χ1) is 10.5. The van der Waals surface area contributed by atoms with Gasteiger partial charge in [0.2, 0.25) is 0 Å². The van der Waals surface area contributed by atoms with Crippen molar-refractivity contribution in [1.82, 2.24) is 29.5 Å². The summed E-state index contributed by atoms with van der Waals surface area (Å²) in [6.45, 7) is 6.03. The van der Waals surface area contributed by atoms with Crippen molar-refractivity contribution in [1.29, 1.82) is 0 Å². The first-order valence-electron chi connectivity index (χ1n) is 7.43. The highest BCUT2D eigenvalue weighted by molar-refractivity contribution is 5.89. The fourth-order valence-corrected chi connectivity index (χ4v) is 2.83. The molecule has 0 amide bonds. The Bertz CT molecular complexity index is 815. The van der Waals surface area contributed by atoms with Gasteiger partial charge >= 0.3 is 0 Å². The number of hydrogen-bond acceptors (Lipinski definition) is 5. The Labute approximate surface area is 129 Å². The van der Waals surface area contributed by atoms with Crippen molar-refractivity contribution in [3.05, 3.63) is 29.5 Å². The van der Waals surface area contributed by atoms with E-state index in [1.165, 1.54) is 0 Å². The molecule has 0 radical (unpaired) electrons. The molecule has 7 nitrogen and oxygen atoms in total. The summed E-state index contributed by atoms with van der Waals surface area (Å²) >= 11 is 0. The van der Waals surface area contributed by atoms with Gasteiger partial charge in [-0.2, -0.15) is 10.2 Å². The summed E-state index contributed by atoms with van der Waals surface area (Å²) < 4.78 is 3.69. The van der Waals surface area contributed by atoms with Crippen LogP contribution in [0.15, 0.2) is 12.3 Å². The standard InChI is InChI=1S/C15H21N7/c1-6-11(12-7-8-16-21(12)4)19-14-13-9(2)20-22(5)15(13)18-10(3)17-14/h7-8,11H,6H2,1-5H3,(H,17,18,19)/t11-/m1/s1. The third-order valence-corrected chi connectivity index (χ3v) is 3.91. The Hall–Kier alpha value is -2.44.